The maximum absolute atomic E-state index is 11.4. The van der Waals surface area contributed by atoms with Gasteiger partial charge in [0.05, 0.1) is 0 Å². The van der Waals surface area contributed by atoms with E-state index in [-0.39, 0.29) is 5.91 Å². The molecule has 1 amide bonds. The summed E-state index contributed by atoms with van der Waals surface area (Å²) in [6.07, 6.45) is 1.33. The van der Waals surface area contributed by atoms with E-state index >= 15 is 0 Å². The average molecular weight is 224 g/mol. The van der Waals surface area contributed by atoms with Crippen molar-refractivity contribution < 1.29 is 4.79 Å². The number of carbonyl (C=O) groups excluding carboxylic acids is 1. The van der Waals surface area contributed by atoms with Crippen LogP contribution in [0.1, 0.15) is 12.5 Å². The van der Waals surface area contributed by atoms with Crippen LogP contribution in [0.2, 0.25) is 5.02 Å². The van der Waals surface area contributed by atoms with Crippen LogP contribution in [0, 0.1) is 0 Å². The molecule has 0 fully saturated rings. The Labute approximate surface area is 95.2 Å². The highest BCUT2D eigenvalue weighted by molar-refractivity contribution is 6.30. The number of benzene rings is 1. The van der Waals surface area contributed by atoms with Crippen molar-refractivity contribution in [3.63, 3.8) is 0 Å². The van der Waals surface area contributed by atoms with E-state index in [0.717, 1.165) is 5.56 Å². The lowest BCUT2D eigenvalue weighted by Gasteiger charge is -2.19. The number of amides is 1. The minimum atomic E-state index is -0.0579. The molecule has 0 saturated carbocycles. The van der Waals surface area contributed by atoms with E-state index in [1.807, 2.05) is 31.2 Å². The summed E-state index contributed by atoms with van der Waals surface area (Å²) in [7, 11) is 0. The van der Waals surface area contributed by atoms with Gasteiger partial charge in [0, 0.05) is 18.1 Å². The van der Waals surface area contributed by atoms with Crippen molar-refractivity contribution in [2.75, 3.05) is 6.54 Å². The van der Waals surface area contributed by atoms with E-state index in [9.17, 15) is 4.79 Å². The molecule has 3 heteroatoms. The molecule has 0 saturated heterocycles. The molecule has 0 aliphatic rings. The van der Waals surface area contributed by atoms with Crippen molar-refractivity contribution in [3.05, 3.63) is 47.5 Å². The monoisotopic (exact) mass is 223 g/mol. The third-order valence-electron chi connectivity index (χ3n) is 2.13. The molecule has 0 N–H and O–H groups in total. The summed E-state index contributed by atoms with van der Waals surface area (Å²) in [5, 5.41) is 0.689. The highest BCUT2D eigenvalue weighted by Crippen LogP contribution is 2.12. The van der Waals surface area contributed by atoms with Gasteiger partial charge >= 0.3 is 0 Å². The first kappa shape index (κ1) is 11.8. The molecule has 2 nitrogen and oxygen atoms in total. The summed E-state index contributed by atoms with van der Waals surface area (Å²) < 4.78 is 0. The Hall–Kier alpha value is -1.28. The second-order valence-electron chi connectivity index (χ2n) is 3.19. The van der Waals surface area contributed by atoms with E-state index in [1.54, 1.807) is 4.90 Å². The molecule has 0 bridgehead atoms. The van der Waals surface area contributed by atoms with Gasteiger partial charge in [-0.25, -0.2) is 0 Å². The van der Waals surface area contributed by atoms with Crippen LogP contribution in [0.25, 0.3) is 0 Å². The molecule has 0 aliphatic heterocycles. The van der Waals surface area contributed by atoms with Crippen molar-refractivity contribution in [3.8, 4) is 0 Å². The summed E-state index contributed by atoms with van der Waals surface area (Å²) in [5.74, 6) is -0.0579. The maximum Gasteiger partial charge on any atom is 0.246 e. The molecule has 80 valence electrons. The van der Waals surface area contributed by atoms with Crippen molar-refractivity contribution in [2.24, 2.45) is 0 Å². The van der Waals surface area contributed by atoms with Gasteiger partial charge in [0.1, 0.15) is 0 Å². The van der Waals surface area contributed by atoms with E-state index in [2.05, 4.69) is 6.58 Å². The van der Waals surface area contributed by atoms with Gasteiger partial charge in [-0.1, -0.05) is 30.3 Å². The molecular formula is C12H14ClNO. The Balaban J connectivity index is 2.75. The molecule has 1 aromatic rings. The lowest BCUT2D eigenvalue weighted by molar-refractivity contribution is -0.126. The molecule has 0 aliphatic carbocycles. The number of hydrogen-bond donors (Lipinski definition) is 0. The van der Waals surface area contributed by atoms with Gasteiger partial charge in [-0.15, -0.1) is 0 Å². The topological polar surface area (TPSA) is 20.3 Å². The third-order valence-corrected chi connectivity index (χ3v) is 2.37. The molecule has 0 unspecified atom stereocenters. The van der Waals surface area contributed by atoms with Crippen LogP contribution in [0.3, 0.4) is 0 Å². The number of halogens is 1. The summed E-state index contributed by atoms with van der Waals surface area (Å²) in [5.41, 5.74) is 1.03. The molecular weight excluding hydrogens is 210 g/mol. The van der Waals surface area contributed by atoms with Gasteiger partial charge in [0.2, 0.25) is 5.91 Å². The van der Waals surface area contributed by atoms with Crippen molar-refractivity contribution in [2.45, 2.75) is 13.5 Å². The second-order valence-corrected chi connectivity index (χ2v) is 3.62. The zero-order valence-corrected chi connectivity index (χ0v) is 9.50. The standard InChI is InChI=1S/C12H14ClNO/c1-3-12(15)14(4-2)9-10-6-5-7-11(13)8-10/h3,5-8H,1,4,9H2,2H3. The lowest BCUT2D eigenvalue weighted by Crippen LogP contribution is -2.28. The fraction of sp³-hybridized carbons (Fsp3) is 0.250. The van der Waals surface area contributed by atoms with Crippen LogP contribution in [0.15, 0.2) is 36.9 Å². The predicted molar refractivity (Wildman–Crippen MR) is 62.7 cm³/mol. The molecule has 0 aromatic heterocycles. The van der Waals surface area contributed by atoms with Crippen LogP contribution in [-0.2, 0) is 11.3 Å². The number of rotatable bonds is 4. The minimum absolute atomic E-state index is 0.0579. The highest BCUT2D eigenvalue weighted by atomic mass is 35.5. The van der Waals surface area contributed by atoms with Crippen LogP contribution >= 0.6 is 11.6 Å². The van der Waals surface area contributed by atoms with Gasteiger partial charge in [-0.2, -0.15) is 0 Å². The zero-order chi connectivity index (χ0) is 11.3. The first-order valence-corrected chi connectivity index (χ1v) is 5.21. The van der Waals surface area contributed by atoms with Crippen LogP contribution in [-0.4, -0.2) is 17.4 Å². The van der Waals surface area contributed by atoms with Gasteiger partial charge in [-0.3, -0.25) is 4.79 Å². The molecule has 15 heavy (non-hydrogen) atoms. The summed E-state index contributed by atoms with van der Waals surface area (Å²) in [6, 6.07) is 7.51. The minimum Gasteiger partial charge on any atom is -0.335 e. The smallest absolute Gasteiger partial charge is 0.246 e. The van der Waals surface area contributed by atoms with E-state index in [0.29, 0.717) is 18.1 Å². The van der Waals surface area contributed by atoms with Crippen molar-refractivity contribution in [1.82, 2.24) is 4.90 Å². The average Bonchev–Trinajstić information content (AvgIpc) is 2.25. The van der Waals surface area contributed by atoms with Gasteiger partial charge < -0.3 is 4.90 Å². The van der Waals surface area contributed by atoms with Crippen LogP contribution in [0.4, 0.5) is 0 Å². The van der Waals surface area contributed by atoms with Gasteiger partial charge in [0.15, 0.2) is 0 Å². The quantitative estimate of drug-likeness (QED) is 0.719. The zero-order valence-electron chi connectivity index (χ0n) is 8.74. The van der Waals surface area contributed by atoms with Crippen molar-refractivity contribution >= 4 is 17.5 Å². The Morgan fingerprint density at radius 1 is 1.60 bits per heavy atom. The molecule has 0 atom stereocenters. The molecule has 1 rings (SSSR count). The third kappa shape index (κ3) is 3.40. The first-order valence-electron chi connectivity index (χ1n) is 4.83. The summed E-state index contributed by atoms with van der Waals surface area (Å²) >= 11 is 5.86. The Morgan fingerprint density at radius 3 is 2.87 bits per heavy atom. The molecule has 1 aromatic carbocycles. The van der Waals surface area contributed by atoms with E-state index in [1.165, 1.54) is 6.08 Å². The molecule has 0 heterocycles. The van der Waals surface area contributed by atoms with Crippen molar-refractivity contribution in [1.29, 1.82) is 0 Å². The fourth-order valence-corrected chi connectivity index (χ4v) is 1.54. The number of hydrogen-bond acceptors (Lipinski definition) is 1. The molecule has 0 spiro atoms. The molecule has 0 radical (unpaired) electrons. The number of nitrogens with zero attached hydrogens (tertiary/aromatic N) is 1. The Bertz CT molecular complexity index is 362. The van der Waals surface area contributed by atoms with Gasteiger partial charge in [-0.05, 0) is 30.7 Å². The van der Waals surface area contributed by atoms with E-state index in [4.69, 9.17) is 11.6 Å². The maximum atomic E-state index is 11.4. The van der Waals surface area contributed by atoms with Crippen LogP contribution < -0.4 is 0 Å². The predicted octanol–water partition coefficient (Wildman–Crippen LogP) is 2.87. The van der Waals surface area contributed by atoms with Gasteiger partial charge in [0.25, 0.3) is 0 Å². The lowest BCUT2D eigenvalue weighted by atomic mass is 10.2. The highest BCUT2D eigenvalue weighted by Gasteiger charge is 2.08. The van der Waals surface area contributed by atoms with Crippen LogP contribution in [0.5, 0.6) is 0 Å². The van der Waals surface area contributed by atoms with E-state index < -0.39 is 0 Å². The number of carbonyl (C=O) groups is 1. The fourth-order valence-electron chi connectivity index (χ4n) is 1.33. The SMILES string of the molecule is C=CC(=O)N(CC)Cc1cccc(Cl)c1. The normalized spacial score (nSPS) is 9.73. The Morgan fingerprint density at radius 2 is 2.33 bits per heavy atom. The summed E-state index contributed by atoms with van der Waals surface area (Å²) in [4.78, 5) is 13.1. The largest absolute Gasteiger partial charge is 0.335 e. The first-order chi connectivity index (χ1) is 7.17. The Kier molecular flexibility index (Phi) is 4.37. The second kappa shape index (κ2) is 5.56. The summed E-state index contributed by atoms with van der Waals surface area (Å²) in [6.45, 7) is 6.64. The number of likely N-dealkylation sites (N-methyl/N-ethyl adjacent to an activating group) is 1.